The monoisotopic (exact) mass is 431 g/mol. The van der Waals surface area contributed by atoms with E-state index in [9.17, 15) is 13.6 Å². The van der Waals surface area contributed by atoms with Gasteiger partial charge in [0, 0.05) is 43.3 Å². The molecule has 0 bridgehead atoms. The minimum atomic E-state index is -0.669. The van der Waals surface area contributed by atoms with E-state index >= 15 is 0 Å². The van der Waals surface area contributed by atoms with Crippen LogP contribution < -0.4 is 11.1 Å². The minimum absolute atomic E-state index is 0.0473. The van der Waals surface area contributed by atoms with Gasteiger partial charge in [0.25, 0.3) is 5.91 Å². The van der Waals surface area contributed by atoms with Crippen molar-refractivity contribution in [2.75, 3.05) is 6.61 Å². The van der Waals surface area contributed by atoms with Crippen LogP contribution in [0.2, 0.25) is 0 Å². The Morgan fingerprint density at radius 2 is 2.13 bits per heavy atom. The second-order valence-electron chi connectivity index (χ2n) is 8.70. The molecule has 166 valence electrons. The second-order valence-corrected chi connectivity index (χ2v) is 8.70. The molecular weight excluding hydrogens is 404 g/mol. The van der Waals surface area contributed by atoms with Crippen molar-refractivity contribution in [1.29, 1.82) is 0 Å². The van der Waals surface area contributed by atoms with E-state index in [4.69, 9.17) is 10.5 Å². The molecule has 9 heteroatoms. The Hall–Kier alpha value is -2.36. The summed E-state index contributed by atoms with van der Waals surface area (Å²) in [6.07, 6.45) is 2.01. The molecule has 3 atom stereocenters. The van der Waals surface area contributed by atoms with Crippen LogP contribution in [0, 0.1) is 11.6 Å². The minimum Gasteiger partial charge on any atom is -0.370 e. The van der Waals surface area contributed by atoms with Gasteiger partial charge in [0.05, 0.1) is 18.0 Å². The molecule has 3 aliphatic rings. The fraction of sp³-hybridized carbons (Fsp3) is 0.545. The molecule has 2 fully saturated rings. The van der Waals surface area contributed by atoms with Crippen LogP contribution in [-0.2, 0) is 24.4 Å². The van der Waals surface area contributed by atoms with Crippen molar-refractivity contribution >= 4 is 5.91 Å². The molecular formula is C22H27F2N5O2. The zero-order chi connectivity index (χ0) is 21.7. The van der Waals surface area contributed by atoms with Crippen LogP contribution in [-0.4, -0.2) is 45.1 Å². The molecule has 1 aromatic carbocycles. The molecule has 1 saturated heterocycles. The molecule has 3 N–H and O–H groups in total. The summed E-state index contributed by atoms with van der Waals surface area (Å²) >= 11 is 0. The molecule has 2 aromatic rings. The zero-order valence-electron chi connectivity index (χ0n) is 17.5. The lowest BCUT2D eigenvalue weighted by atomic mass is 9.93. The average Bonchev–Trinajstić information content (AvgIpc) is 3.35. The van der Waals surface area contributed by atoms with E-state index in [1.807, 2.05) is 11.5 Å². The van der Waals surface area contributed by atoms with Crippen molar-refractivity contribution < 1.29 is 18.3 Å². The predicted octanol–water partition coefficient (Wildman–Crippen LogP) is 2.25. The number of aromatic nitrogens is 2. The van der Waals surface area contributed by atoms with Gasteiger partial charge < -0.3 is 20.4 Å². The standard InChI is InChI=1S/C22H27F2N5O2/c1-2-29-19-10-28(9-18(19)27-21(29)22(30)26-13-4-5-13)14-8-17(25)20(31-11-14)15-7-12(23)3-6-16(15)24/h3,6-7,13-14,17,20H,2,4-5,8-11,25H2,1H3,(H,26,30)/t14-,17+,20-/m1/s1. The summed E-state index contributed by atoms with van der Waals surface area (Å²) in [4.78, 5) is 19.4. The average molecular weight is 431 g/mol. The predicted molar refractivity (Wildman–Crippen MR) is 109 cm³/mol. The number of amides is 1. The van der Waals surface area contributed by atoms with E-state index in [1.54, 1.807) is 0 Å². The largest absolute Gasteiger partial charge is 0.370 e. The Morgan fingerprint density at radius 3 is 2.84 bits per heavy atom. The van der Waals surface area contributed by atoms with Gasteiger partial charge >= 0.3 is 0 Å². The number of carbonyl (C=O) groups is 1. The van der Waals surface area contributed by atoms with Crippen LogP contribution in [0.3, 0.4) is 0 Å². The first kappa shape index (κ1) is 20.5. The highest BCUT2D eigenvalue weighted by atomic mass is 19.1. The molecule has 1 saturated carbocycles. The van der Waals surface area contributed by atoms with Gasteiger partial charge in [0.1, 0.15) is 17.7 Å². The number of nitrogens with two attached hydrogens (primary N) is 1. The lowest BCUT2D eigenvalue weighted by Crippen LogP contribution is -2.48. The van der Waals surface area contributed by atoms with Crippen molar-refractivity contribution in [3.8, 4) is 0 Å². The smallest absolute Gasteiger partial charge is 0.287 e. The van der Waals surface area contributed by atoms with Gasteiger partial charge in [-0.15, -0.1) is 0 Å². The van der Waals surface area contributed by atoms with E-state index in [0.717, 1.165) is 42.4 Å². The quantitative estimate of drug-likeness (QED) is 0.759. The topological polar surface area (TPSA) is 85.4 Å². The summed E-state index contributed by atoms with van der Waals surface area (Å²) in [6, 6.07) is 3.25. The maximum atomic E-state index is 14.2. The highest BCUT2D eigenvalue weighted by Crippen LogP contribution is 2.34. The lowest BCUT2D eigenvalue weighted by molar-refractivity contribution is -0.0535. The number of nitrogens with one attached hydrogen (secondary N) is 1. The Bertz CT molecular complexity index is 1010. The summed E-state index contributed by atoms with van der Waals surface area (Å²) < 4.78 is 35.7. The Labute approximate surface area is 179 Å². The van der Waals surface area contributed by atoms with Crippen LogP contribution in [0.15, 0.2) is 18.2 Å². The van der Waals surface area contributed by atoms with Crippen molar-refractivity contribution in [2.24, 2.45) is 5.73 Å². The van der Waals surface area contributed by atoms with Crippen LogP contribution in [0.4, 0.5) is 8.78 Å². The molecule has 1 aliphatic carbocycles. The number of fused-ring (bicyclic) bond motifs is 1. The zero-order valence-corrected chi connectivity index (χ0v) is 17.5. The van der Waals surface area contributed by atoms with Crippen LogP contribution in [0.1, 0.15) is 59.9 Å². The first-order valence-electron chi connectivity index (χ1n) is 10.9. The molecule has 0 unspecified atom stereocenters. The Morgan fingerprint density at radius 1 is 1.32 bits per heavy atom. The van der Waals surface area contributed by atoms with E-state index in [-0.39, 0.29) is 23.6 Å². The SMILES string of the molecule is CCn1c(C(=O)NC2CC2)nc2c1CN([C@H]1CO[C@H](c3cc(F)ccc3F)[C@@H](N)C1)C2. The molecule has 3 heterocycles. The fourth-order valence-electron chi connectivity index (χ4n) is 4.68. The molecule has 2 aliphatic heterocycles. The van der Waals surface area contributed by atoms with E-state index in [2.05, 4.69) is 15.2 Å². The number of nitrogens with zero attached hydrogens (tertiary/aromatic N) is 3. The van der Waals surface area contributed by atoms with Crippen molar-refractivity contribution in [1.82, 2.24) is 19.8 Å². The van der Waals surface area contributed by atoms with Gasteiger partial charge in [-0.3, -0.25) is 9.69 Å². The molecule has 7 nitrogen and oxygen atoms in total. The third-order valence-electron chi connectivity index (χ3n) is 6.48. The summed E-state index contributed by atoms with van der Waals surface area (Å²) in [6.45, 7) is 4.33. The summed E-state index contributed by atoms with van der Waals surface area (Å²) in [5.41, 5.74) is 8.46. The summed E-state index contributed by atoms with van der Waals surface area (Å²) in [5.74, 6) is -0.633. The van der Waals surface area contributed by atoms with Gasteiger partial charge in [-0.2, -0.15) is 0 Å². The number of hydrogen-bond acceptors (Lipinski definition) is 5. The van der Waals surface area contributed by atoms with Gasteiger partial charge in [-0.25, -0.2) is 13.8 Å². The highest BCUT2D eigenvalue weighted by molar-refractivity contribution is 5.91. The van der Waals surface area contributed by atoms with Crippen molar-refractivity contribution in [2.45, 2.75) is 70.0 Å². The number of imidazole rings is 1. The van der Waals surface area contributed by atoms with Crippen LogP contribution >= 0.6 is 0 Å². The molecule has 0 spiro atoms. The number of benzene rings is 1. The van der Waals surface area contributed by atoms with Gasteiger partial charge in [0.2, 0.25) is 0 Å². The first-order chi connectivity index (χ1) is 14.9. The summed E-state index contributed by atoms with van der Waals surface area (Å²) in [5, 5.41) is 3.01. The van der Waals surface area contributed by atoms with Crippen LogP contribution in [0.5, 0.6) is 0 Å². The van der Waals surface area contributed by atoms with Crippen molar-refractivity contribution in [3.63, 3.8) is 0 Å². The molecule has 0 radical (unpaired) electrons. The maximum Gasteiger partial charge on any atom is 0.287 e. The Balaban J connectivity index is 1.27. The van der Waals surface area contributed by atoms with E-state index in [1.165, 1.54) is 0 Å². The van der Waals surface area contributed by atoms with Gasteiger partial charge in [-0.1, -0.05) is 0 Å². The molecule has 1 aromatic heterocycles. The maximum absolute atomic E-state index is 14.2. The fourth-order valence-corrected chi connectivity index (χ4v) is 4.68. The van der Waals surface area contributed by atoms with Crippen LogP contribution in [0.25, 0.3) is 0 Å². The second kappa shape index (κ2) is 7.96. The third kappa shape index (κ3) is 3.86. The number of carbonyl (C=O) groups excluding carboxylic acids is 1. The number of rotatable bonds is 5. The lowest BCUT2D eigenvalue weighted by Gasteiger charge is -2.38. The third-order valence-corrected chi connectivity index (χ3v) is 6.48. The highest BCUT2D eigenvalue weighted by Gasteiger charge is 2.38. The molecule has 5 rings (SSSR count). The molecule has 31 heavy (non-hydrogen) atoms. The van der Waals surface area contributed by atoms with Gasteiger partial charge in [0.15, 0.2) is 5.82 Å². The van der Waals surface area contributed by atoms with Gasteiger partial charge in [-0.05, 0) is 44.4 Å². The Kier molecular flexibility index (Phi) is 5.27. The normalized spacial score (nSPS) is 26.1. The van der Waals surface area contributed by atoms with E-state index < -0.39 is 23.8 Å². The number of hydrogen-bond donors (Lipinski definition) is 2. The van der Waals surface area contributed by atoms with Crippen molar-refractivity contribution in [3.05, 3.63) is 52.6 Å². The number of halogens is 2. The molecule has 1 amide bonds. The van der Waals surface area contributed by atoms with E-state index in [0.29, 0.717) is 38.5 Å². The summed E-state index contributed by atoms with van der Waals surface area (Å²) in [7, 11) is 0. The number of ether oxygens (including phenoxy) is 1. The first-order valence-corrected chi connectivity index (χ1v) is 10.9.